The number of hydrogen-bond donors (Lipinski definition) is 1. The molecule has 1 aliphatic heterocycles. The average molecular weight is 420 g/mol. The van der Waals surface area contributed by atoms with Gasteiger partial charge in [-0.25, -0.2) is 0 Å². The van der Waals surface area contributed by atoms with Gasteiger partial charge in [-0.1, -0.05) is 6.07 Å². The lowest BCUT2D eigenvalue weighted by molar-refractivity contribution is 0.563. The van der Waals surface area contributed by atoms with E-state index < -0.39 is 0 Å². The van der Waals surface area contributed by atoms with E-state index >= 15 is 0 Å². The Hall–Kier alpha value is -2.86. The minimum Gasteiger partial charge on any atom is -0.378 e. The lowest BCUT2D eigenvalue weighted by Gasteiger charge is -2.28. The summed E-state index contributed by atoms with van der Waals surface area (Å²) < 4.78 is 2.36. The highest BCUT2D eigenvalue weighted by Crippen LogP contribution is 2.43. The fourth-order valence-electron chi connectivity index (χ4n) is 4.47. The average Bonchev–Trinajstić information content (AvgIpc) is 3.23. The summed E-state index contributed by atoms with van der Waals surface area (Å²) >= 11 is 5.84. The molecule has 1 aliphatic rings. The van der Waals surface area contributed by atoms with Crippen LogP contribution in [0.15, 0.2) is 54.7 Å². The van der Waals surface area contributed by atoms with Crippen LogP contribution >= 0.6 is 12.2 Å². The molecule has 0 saturated carbocycles. The molecule has 1 fully saturated rings. The van der Waals surface area contributed by atoms with Crippen LogP contribution in [-0.4, -0.2) is 28.8 Å². The summed E-state index contributed by atoms with van der Waals surface area (Å²) in [7, 11) is 4.10. The van der Waals surface area contributed by atoms with E-state index in [1.54, 1.807) is 0 Å². The van der Waals surface area contributed by atoms with Gasteiger partial charge in [-0.05, 0) is 81.0 Å². The molecule has 3 heterocycles. The molecule has 0 amide bonds. The van der Waals surface area contributed by atoms with Gasteiger partial charge in [0.1, 0.15) is 0 Å². The number of nitrogens with zero attached hydrogens (tertiary/aromatic N) is 4. The van der Waals surface area contributed by atoms with Gasteiger partial charge in [0.15, 0.2) is 5.11 Å². The first-order valence-electron chi connectivity index (χ1n) is 10.4. The van der Waals surface area contributed by atoms with Gasteiger partial charge in [-0.15, -0.1) is 0 Å². The topological polar surface area (TPSA) is 36.3 Å². The van der Waals surface area contributed by atoms with E-state index in [0.29, 0.717) is 0 Å². The molecule has 0 bridgehead atoms. The molecule has 2 unspecified atom stereocenters. The van der Waals surface area contributed by atoms with Crippen molar-refractivity contribution in [3.63, 3.8) is 0 Å². The second-order valence-corrected chi connectivity index (χ2v) is 8.36. The maximum Gasteiger partial charge on any atom is 0.174 e. The van der Waals surface area contributed by atoms with Crippen molar-refractivity contribution in [3.05, 3.63) is 77.4 Å². The molecule has 1 saturated heterocycles. The van der Waals surface area contributed by atoms with E-state index in [4.69, 9.17) is 12.2 Å². The van der Waals surface area contributed by atoms with Crippen LogP contribution in [-0.2, 0) is 6.54 Å². The third kappa shape index (κ3) is 3.45. The Kier molecular flexibility index (Phi) is 5.52. The highest BCUT2D eigenvalue weighted by Gasteiger charge is 2.42. The van der Waals surface area contributed by atoms with Gasteiger partial charge in [-0.2, -0.15) is 0 Å². The first-order chi connectivity index (χ1) is 14.4. The quantitative estimate of drug-likeness (QED) is 0.603. The first-order valence-corrected chi connectivity index (χ1v) is 10.8. The molecular formula is C24H29N5S. The Morgan fingerprint density at radius 3 is 2.40 bits per heavy atom. The minimum absolute atomic E-state index is 0.0157. The van der Waals surface area contributed by atoms with Crippen LogP contribution in [0.1, 0.15) is 41.7 Å². The standard InChI is InChI=1S/C24H29N5S/c1-6-28-16(2)15-20(17(28)3)23-22(21-9-7-8-14-25-21)26-24(30)29(23)19-12-10-18(11-13-19)27(4)5/h7-15,22-23H,6H2,1-5H3,(H,26,30). The third-order valence-electron chi connectivity index (χ3n) is 5.99. The van der Waals surface area contributed by atoms with Gasteiger partial charge >= 0.3 is 0 Å². The van der Waals surface area contributed by atoms with Crippen molar-refractivity contribution in [2.75, 3.05) is 23.9 Å². The smallest absolute Gasteiger partial charge is 0.174 e. The molecule has 30 heavy (non-hydrogen) atoms. The lowest BCUT2D eigenvalue weighted by atomic mass is 9.96. The van der Waals surface area contributed by atoms with E-state index in [9.17, 15) is 0 Å². The van der Waals surface area contributed by atoms with Crippen LogP contribution < -0.4 is 15.1 Å². The summed E-state index contributed by atoms with van der Waals surface area (Å²) in [6.45, 7) is 7.52. The van der Waals surface area contributed by atoms with Crippen molar-refractivity contribution in [2.45, 2.75) is 39.4 Å². The van der Waals surface area contributed by atoms with E-state index in [2.05, 4.69) is 95.9 Å². The van der Waals surface area contributed by atoms with E-state index in [-0.39, 0.29) is 12.1 Å². The van der Waals surface area contributed by atoms with Gasteiger partial charge in [0.25, 0.3) is 0 Å². The number of anilines is 2. The van der Waals surface area contributed by atoms with E-state index in [1.165, 1.54) is 22.6 Å². The molecule has 0 radical (unpaired) electrons. The van der Waals surface area contributed by atoms with Crippen LogP contribution in [0.5, 0.6) is 0 Å². The highest BCUT2D eigenvalue weighted by atomic mass is 32.1. The van der Waals surface area contributed by atoms with Crippen molar-refractivity contribution >= 4 is 28.7 Å². The SMILES string of the molecule is CCn1c(C)cc(C2C(c3ccccn3)NC(=S)N2c2ccc(N(C)C)cc2)c1C. The molecular weight excluding hydrogens is 390 g/mol. The number of aromatic nitrogens is 2. The predicted molar refractivity (Wildman–Crippen MR) is 128 cm³/mol. The Morgan fingerprint density at radius 2 is 1.83 bits per heavy atom. The summed E-state index contributed by atoms with van der Waals surface area (Å²) in [4.78, 5) is 9.00. The summed E-state index contributed by atoms with van der Waals surface area (Å²) in [6, 6.07) is 17.0. The maximum atomic E-state index is 5.84. The number of thiocarbonyl (C=S) groups is 1. The van der Waals surface area contributed by atoms with Crippen molar-refractivity contribution in [1.82, 2.24) is 14.9 Å². The molecule has 6 heteroatoms. The van der Waals surface area contributed by atoms with Crippen LogP contribution in [0.25, 0.3) is 0 Å². The maximum absolute atomic E-state index is 5.84. The summed E-state index contributed by atoms with van der Waals surface area (Å²) in [6.07, 6.45) is 1.85. The number of benzene rings is 1. The molecule has 3 aromatic rings. The fourth-order valence-corrected chi connectivity index (χ4v) is 4.82. The number of nitrogens with one attached hydrogen (secondary N) is 1. The van der Waals surface area contributed by atoms with Crippen molar-refractivity contribution in [2.24, 2.45) is 0 Å². The highest BCUT2D eigenvalue weighted by molar-refractivity contribution is 7.80. The van der Waals surface area contributed by atoms with Crippen LogP contribution in [0.4, 0.5) is 11.4 Å². The number of aryl methyl sites for hydroxylation is 1. The van der Waals surface area contributed by atoms with Gasteiger partial charge in [-0.3, -0.25) is 4.98 Å². The van der Waals surface area contributed by atoms with Gasteiger partial charge in [0.05, 0.1) is 17.8 Å². The summed E-state index contributed by atoms with van der Waals surface area (Å²) in [5.41, 5.74) is 7.09. The number of hydrogen-bond acceptors (Lipinski definition) is 3. The lowest BCUT2D eigenvalue weighted by Crippen LogP contribution is -2.29. The predicted octanol–water partition coefficient (Wildman–Crippen LogP) is 4.76. The second kappa shape index (κ2) is 8.11. The molecule has 0 aliphatic carbocycles. The zero-order valence-electron chi connectivity index (χ0n) is 18.3. The third-order valence-corrected chi connectivity index (χ3v) is 6.30. The zero-order valence-corrected chi connectivity index (χ0v) is 19.1. The Bertz CT molecular complexity index is 1040. The molecule has 4 rings (SSSR count). The summed E-state index contributed by atoms with van der Waals surface area (Å²) in [5, 5.41) is 4.28. The van der Waals surface area contributed by atoms with Crippen LogP contribution in [0.2, 0.25) is 0 Å². The van der Waals surface area contributed by atoms with Crippen LogP contribution in [0.3, 0.4) is 0 Å². The van der Waals surface area contributed by atoms with Crippen molar-refractivity contribution in [3.8, 4) is 0 Å². The van der Waals surface area contributed by atoms with Crippen LogP contribution in [0, 0.1) is 13.8 Å². The monoisotopic (exact) mass is 419 g/mol. The van der Waals surface area contributed by atoms with Crippen molar-refractivity contribution in [1.29, 1.82) is 0 Å². The van der Waals surface area contributed by atoms with E-state index in [0.717, 1.165) is 23.0 Å². The Labute approximate surface area is 184 Å². The fraction of sp³-hybridized carbons (Fsp3) is 0.333. The number of pyridine rings is 1. The Morgan fingerprint density at radius 1 is 1.10 bits per heavy atom. The zero-order chi connectivity index (χ0) is 21.4. The molecule has 2 aromatic heterocycles. The largest absolute Gasteiger partial charge is 0.378 e. The minimum atomic E-state index is -0.0157. The normalized spacial score (nSPS) is 18.6. The molecule has 5 nitrogen and oxygen atoms in total. The molecule has 1 N–H and O–H groups in total. The summed E-state index contributed by atoms with van der Waals surface area (Å²) in [5.74, 6) is 0. The van der Waals surface area contributed by atoms with Gasteiger partial charge < -0.3 is 19.7 Å². The Balaban J connectivity index is 1.84. The molecule has 156 valence electrons. The van der Waals surface area contributed by atoms with Gasteiger partial charge in [0, 0.05) is 49.6 Å². The van der Waals surface area contributed by atoms with Gasteiger partial charge in [0.2, 0.25) is 0 Å². The molecule has 1 aromatic carbocycles. The molecule has 0 spiro atoms. The molecule has 2 atom stereocenters. The van der Waals surface area contributed by atoms with Crippen molar-refractivity contribution < 1.29 is 0 Å². The first kappa shape index (κ1) is 20.4. The van der Waals surface area contributed by atoms with E-state index in [1.807, 2.05) is 18.3 Å². The number of rotatable bonds is 5. The second-order valence-electron chi connectivity index (χ2n) is 7.98.